The van der Waals surface area contributed by atoms with Gasteiger partial charge in [0.1, 0.15) is 0 Å². The molecule has 1 aliphatic heterocycles. The summed E-state index contributed by atoms with van der Waals surface area (Å²) in [7, 11) is -0.593. The second-order valence-corrected chi connectivity index (χ2v) is 11.4. The van der Waals surface area contributed by atoms with Gasteiger partial charge in [0, 0.05) is 45.8 Å². The molecule has 1 fully saturated rings. The van der Waals surface area contributed by atoms with Crippen LogP contribution < -0.4 is 4.90 Å². The van der Waals surface area contributed by atoms with Gasteiger partial charge in [-0.05, 0) is 48.9 Å². The minimum absolute atomic E-state index is 0. The van der Waals surface area contributed by atoms with E-state index in [2.05, 4.69) is 11.0 Å². The predicted octanol–water partition coefficient (Wildman–Crippen LogP) is 3.26. The Labute approximate surface area is 210 Å². The lowest BCUT2D eigenvalue weighted by Crippen LogP contribution is -2.43. The SMILES string of the molecule is Cc1ccc2nc(N(CCN3CCOCC3)C(=O)c3ccc(S(=O)(=O)N(C)C)cc3)sc2c1.Cl. The molecular formula is C23H29ClN4O4S2. The summed E-state index contributed by atoms with van der Waals surface area (Å²) in [6.07, 6.45) is 0. The van der Waals surface area contributed by atoms with Gasteiger partial charge in [-0.1, -0.05) is 17.4 Å². The molecule has 8 nitrogen and oxygen atoms in total. The molecule has 0 atom stereocenters. The van der Waals surface area contributed by atoms with Gasteiger partial charge in [0.25, 0.3) is 5.91 Å². The van der Waals surface area contributed by atoms with Crippen molar-refractivity contribution in [2.75, 3.05) is 58.4 Å². The van der Waals surface area contributed by atoms with Gasteiger partial charge in [-0.3, -0.25) is 14.6 Å². The molecule has 4 rings (SSSR count). The van der Waals surface area contributed by atoms with E-state index in [4.69, 9.17) is 9.72 Å². The molecule has 34 heavy (non-hydrogen) atoms. The Hall–Kier alpha value is -2.08. The van der Waals surface area contributed by atoms with Crippen LogP contribution in [0.4, 0.5) is 5.13 Å². The van der Waals surface area contributed by atoms with Crippen molar-refractivity contribution in [2.24, 2.45) is 0 Å². The number of hydrogen-bond donors (Lipinski definition) is 0. The van der Waals surface area contributed by atoms with Gasteiger partial charge < -0.3 is 4.74 Å². The largest absolute Gasteiger partial charge is 0.379 e. The second-order valence-electron chi connectivity index (χ2n) is 8.19. The van der Waals surface area contributed by atoms with Crippen molar-refractivity contribution in [3.63, 3.8) is 0 Å². The molecule has 2 aromatic carbocycles. The molecule has 0 radical (unpaired) electrons. The minimum Gasteiger partial charge on any atom is -0.379 e. The second kappa shape index (κ2) is 11.1. The van der Waals surface area contributed by atoms with E-state index in [1.807, 2.05) is 19.1 Å². The highest BCUT2D eigenvalue weighted by molar-refractivity contribution is 7.89. The number of anilines is 1. The van der Waals surface area contributed by atoms with Gasteiger partial charge in [-0.15, -0.1) is 12.4 Å². The molecule has 11 heteroatoms. The van der Waals surface area contributed by atoms with Crippen LogP contribution in [0.15, 0.2) is 47.4 Å². The maximum atomic E-state index is 13.5. The van der Waals surface area contributed by atoms with E-state index in [0.717, 1.165) is 33.2 Å². The fourth-order valence-corrected chi connectivity index (χ4v) is 5.61. The predicted molar refractivity (Wildman–Crippen MR) is 138 cm³/mol. The van der Waals surface area contributed by atoms with Crippen LogP contribution in [0, 0.1) is 6.92 Å². The third kappa shape index (κ3) is 5.76. The molecule has 0 aliphatic carbocycles. The van der Waals surface area contributed by atoms with E-state index >= 15 is 0 Å². The number of halogens is 1. The molecule has 0 saturated carbocycles. The number of sulfonamides is 1. The molecule has 3 aromatic rings. The number of hydrogen-bond acceptors (Lipinski definition) is 7. The first-order valence-electron chi connectivity index (χ1n) is 10.8. The zero-order valence-corrected chi connectivity index (χ0v) is 21.9. The number of thiazole rings is 1. The van der Waals surface area contributed by atoms with Crippen molar-refractivity contribution in [1.29, 1.82) is 0 Å². The summed E-state index contributed by atoms with van der Waals surface area (Å²) < 4.78 is 32.4. The van der Waals surface area contributed by atoms with Gasteiger partial charge in [-0.25, -0.2) is 17.7 Å². The normalized spacial score (nSPS) is 14.8. The number of benzene rings is 2. The smallest absolute Gasteiger partial charge is 0.260 e. The first-order chi connectivity index (χ1) is 15.8. The van der Waals surface area contributed by atoms with Crippen LogP contribution in [-0.4, -0.2) is 82.0 Å². The topological polar surface area (TPSA) is 83.0 Å². The molecule has 0 spiro atoms. The molecular weight excluding hydrogens is 496 g/mol. The Balaban J connectivity index is 0.00000324. The summed E-state index contributed by atoms with van der Waals surface area (Å²) in [5.74, 6) is -0.201. The third-order valence-electron chi connectivity index (χ3n) is 5.63. The van der Waals surface area contributed by atoms with Crippen LogP contribution in [0.1, 0.15) is 15.9 Å². The van der Waals surface area contributed by atoms with Crippen LogP contribution in [0.2, 0.25) is 0 Å². The summed E-state index contributed by atoms with van der Waals surface area (Å²) in [5.41, 5.74) is 2.42. The molecule has 0 bridgehead atoms. The van der Waals surface area contributed by atoms with Crippen LogP contribution in [0.25, 0.3) is 10.2 Å². The lowest BCUT2D eigenvalue weighted by atomic mass is 10.2. The fraction of sp³-hybridized carbons (Fsp3) is 0.391. The molecule has 0 unspecified atom stereocenters. The number of carbonyl (C=O) groups excluding carboxylic acids is 1. The maximum absolute atomic E-state index is 13.5. The molecule has 2 heterocycles. The summed E-state index contributed by atoms with van der Waals surface area (Å²) in [4.78, 5) is 22.4. The van der Waals surface area contributed by atoms with Gasteiger partial charge in [0.2, 0.25) is 10.0 Å². The quantitative estimate of drug-likeness (QED) is 0.472. The molecule has 1 amide bonds. The average molecular weight is 525 g/mol. The molecule has 1 aromatic heterocycles. The number of morpholine rings is 1. The Bertz CT molecular complexity index is 1240. The lowest BCUT2D eigenvalue weighted by Gasteiger charge is -2.29. The van der Waals surface area contributed by atoms with Crippen LogP contribution in [0.5, 0.6) is 0 Å². The Kier molecular flexibility index (Phi) is 8.66. The number of rotatable bonds is 7. The first-order valence-corrected chi connectivity index (χ1v) is 13.0. The van der Waals surface area contributed by atoms with E-state index in [-0.39, 0.29) is 23.2 Å². The van der Waals surface area contributed by atoms with Crippen molar-refractivity contribution in [1.82, 2.24) is 14.2 Å². The first kappa shape index (κ1) is 26.5. The highest BCUT2D eigenvalue weighted by Crippen LogP contribution is 2.30. The van der Waals surface area contributed by atoms with Crippen LogP contribution in [-0.2, 0) is 14.8 Å². The number of fused-ring (bicyclic) bond motifs is 1. The van der Waals surface area contributed by atoms with Crippen molar-refractivity contribution >= 4 is 55.0 Å². The monoisotopic (exact) mass is 524 g/mol. The zero-order valence-electron chi connectivity index (χ0n) is 19.4. The average Bonchev–Trinajstić information content (AvgIpc) is 3.22. The summed E-state index contributed by atoms with van der Waals surface area (Å²) in [6.45, 7) is 6.26. The number of amides is 1. The summed E-state index contributed by atoms with van der Waals surface area (Å²) in [5, 5.41) is 0.638. The van der Waals surface area contributed by atoms with Crippen molar-refractivity contribution in [2.45, 2.75) is 11.8 Å². The van der Waals surface area contributed by atoms with Crippen molar-refractivity contribution < 1.29 is 17.9 Å². The molecule has 1 saturated heterocycles. The zero-order chi connectivity index (χ0) is 23.6. The fourth-order valence-electron chi connectivity index (χ4n) is 3.62. The number of carbonyl (C=O) groups is 1. The highest BCUT2D eigenvalue weighted by atomic mass is 35.5. The molecule has 184 valence electrons. The van der Waals surface area contributed by atoms with Crippen molar-refractivity contribution in [3.05, 3.63) is 53.6 Å². The number of nitrogens with zero attached hydrogens (tertiary/aromatic N) is 4. The van der Waals surface area contributed by atoms with Crippen molar-refractivity contribution in [3.8, 4) is 0 Å². The number of aryl methyl sites for hydroxylation is 1. The number of aromatic nitrogens is 1. The standard InChI is InChI=1S/C23H28N4O4S2.ClH/c1-17-4-9-20-21(16-17)32-23(24-20)27(11-10-26-12-14-31-15-13-26)22(28)18-5-7-19(8-6-18)33(29,30)25(2)3;/h4-9,16H,10-15H2,1-3H3;1H. The van der Waals surface area contributed by atoms with E-state index < -0.39 is 10.0 Å². The third-order valence-corrected chi connectivity index (χ3v) is 8.50. The number of ether oxygens (including phenoxy) is 1. The van der Waals surface area contributed by atoms with E-state index in [0.29, 0.717) is 37.0 Å². The minimum atomic E-state index is -3.56. The van der Waals surface area contributed by atoms with Crippen LogP contribution in [0.3, 0.4) is 0 Å². The van der Waals surface area contributed by atoms with Crippen LogP contribution >= 0.6 is 23.7 Å². The highest BCUT2D eigenvalue weighted by Gasteiger charge is 2.24. The Morgan fingerprint density at radius 3 is 2.44 bits per heavy atom. The van der Waals surface area contributed by atoms with Gasteiger partial charge in [0.05, 0.1) is 28.3 Å². The van der Waals surface area contributed by atoms with E-state index in [9.17, 15) is 13.2 Å². The Morgan fingerprint density at radius 1 is 1.12 bits per heavy atom. The molecule has 0 N–H and O–H groups in total. The molecule has 1 aliphatic rings. The van der Waals surface area contributed by atoms with E-state index in [1.54, 1.807) is 17.0 Å². The lowest BCUT2D eigenvalue weighted by molar-refractivity contribution is 0.0391. The van der Waals surface area contributed by atoms with E-state index in [1.165, 1.54) is 37.6 Å². The summed E-state index contributed by atoms with van der Waals surface area (Å²) in [6, 6.07) is 12.1. The Morgan fingerprint density at radius 2 is 1.79 bits per heavy atom. The maximum Gasteiger partial charge on any atom is 0.260 e. The van der Waals surface area contributed by atoms with Gasteiger partial charge >= 0.3 is 0 Å². The summed E-state index contributed by atoms with van der Waals surface area (Å²) >= 11 is 1.49. The van der Waals surface area contributed by atoms with Gasteiger partial charge in [0.15, 0.2) is 5.13 Å². The van der Waals surface area contributed by atoms with Gasteiger partial charge in [-0.2, -0.15) is 0 Å².